The Kier molecular flexibility index (Phi) is 10.4. The van der Waals surface area contributed by atoms with E-state index in [2.05, 4.69) is 138 Å². The van der Waals surface area contributed by atoms with Crippen molar-refractivity contribution in [2.45, 2.75) is 48.0 Å². The molecule has 0 amide bonds. The van der Waals surface area contributed by atoms with Crippen molar-refractivity contribution in [2.24, 2.45) is 5.41 Å². The first-order valence-electron chi connectivity index (χ1n) is 18.2. The summed E-state index contributed by atoms with van der Waals surface area (Å²) in [6, 6.07) is 46.3. The molecular formula is C48H41BIrN2O2-2. The van der Waals surface area contributed by atoms with Crippen molar-refractivity contribution in [3.05, 3.63) is 162 Å². The molecule has 1 radical (unpaired) electrons. The van der Waals surface area contributed by atoms with Crippen LogP contribution < -0.4 is 25.9 Å². The summed E-state index contributed by atoms with van der Waals surface area (Å²) in [6.07, 6.45) is 4.81. The maximum Gasteiger partial charge on any atom is 0.239 e. The number of aryl methyl sites for hydroxylation is 3. The van der Waals surface area contributed by atoms with Crippen LogP contribution in [0.1, 0.15) is 43.0 Å². The van der Waals surface area contributed by atoms with Crippen LogP contribution in [-0.2, 0) is 26.5 Å². The molecule has 2 aliphatic heterocycles. The smallest absolute Gasteiger partial charge is 0.239 e. The zero-order chi connectivity index (χ0) is 36.7. The molecule has 5 aromatic carbocycles. The number of benzene rings is 5. The Morgan fingerprint density at radius 3 is 2.06 bits per heavy atom. The Morgan fingerprint density at radius 1 is 0.648 bits per heavy atom. The van der Waals surface area contributed by atoms with Gasteiger partial charge >= 0.3 is 0 Å². The van der Waals surface area contributed by atoms with Crippen molar-refractivity contribution < 1.29 is 29.6 Å². The summed E-state index contributed by atoms with van der Waals surface area (Å²) >= 11 is 0. The number of hydrogen-bond acceptors (Lipinski definition) is 4. The predicted octanol–water partition coefficient (Wildman–Crippen LogP) is 10.0. The van der Waals surface area contributed by atoms with Crippen LogP contribution >= 0.6 is 0 Å². The maximum atomic E-state index is 6.51. The van der Waals surface area contributed by atoms with Crippen LogP contribution in [-0.4, -0.2) is 16.7 Å². The zero-order valence-electron chi connectivity index (χ0n) is 31.5. The van der Waals surface area contributed by atoms with Gasteiger partial charge in [0.25, 0.3) is 0 Å². The van der Waals surface area contributed by atoms with Crippen LogP contribution in [0.2, 0.25) is 0 Å². The first-order chi connectivity index (χ1) is 25.6. The maximum absolute atomic E-state index is 6.51. The topological polar surface area (TPSA) is 44.2 Å². The summed E-state index contributed by atoms with van der Waals surface area (Å²) in [7, 11) is 0. The van der Waals surface area contributed by atoms with E-state index in [9.17, 15) is 0 Å². The van der Waals surface area contributed by atoms with Crippen molar-refractivity contribution in [3.8, 4) is 56.6 Å². The van der Waals surface area contributed by atoms with Gasteiger partial charge in [-0.05, 0) is 88.4 Å². The van der Waals surface area contributed by atoms with Crippen LogP contribution in [0.15, 0.2) is 128 Å². The SMILES string of the molecule is CC(C)(C)Cc1ccnc(-c2[c-]cc3c4c2Oc2ccccc2B4c2ccccc2O3)c1.Cc1c[c-]c(-c2cc(-c3ccccc3C)c(C)cn2)cc1.[Ir]. The fraction of sp³-hybridized carbons (Fsp3) is 0.167. The molecule has 4 nitrogen and oxygen atoms in total. The molecule has 0 unspecified atom stereocenters. The quantitative estimate of drug-likeness (QED) is 0.131. The van der Waals surface area contributed by atoms with Gasteiger partial charge in [0, 0.05) is 44.0 Å². The van der Waals surface area contributed by atoms with E-state index in [0.717, 1.165) is 68.3 Å². The number of rotatable bonds is 4. The predicted molar refractivity (Wildman–Crippen MR) is 218 cm³/mol. The van der Waals surface area contributed by atoms with Gasteiger partial charge < -0.3 is 19.4 Å². The summed E-state index contributed by atoms with van der Waals surface area (Å²) in [5, 5.41) is 0. The number of hydrogen-bond donors (Lipinski definition) is 0. The first-order valence-corrected chi connectivity index (χ1v) is 18.2. The molecule has 4 heterocycles. The summed E-state index contributed by atoms with van der Waals surface area (Å²) in [6.45, 7) is 13.1. The van der Waals surface area contributed by atoms with Gasteiger partial charge in [-0.3, -0.25) is 0 Å². The van der Waals surface area contributed by atoms with E-state index in [0.29, 0.717) is 0 Å². The van der Waals surface area contributed by atoms with Gasteiger partial charge in [0.05, 0.1) is 0 Å². The molecule has 7 aromatic rings. The zero-order valence-corrected chi connectivity index (χ0v) is 33.8. The minimum Gasteiger partial charge on any atom is -0.503 e. The molecule has 2 aliphatic rings. The Bertz CT molecular complexity index is 2460. The van der Waals surface area contributed by atoms with E-state index in [1.165, 1.54) is 33.4 Å². The van der Waals surface area contributed by atoms with Gasteiger partial charge in [0.2, 0.25) is 6.71 Å². The molecule has 269 valence electrons. The normalized spacial score (nSPS) is 12.1. The van der Waals surface area contributed by atoms with Crippen molar-refractivity contribution in [2.75, 3.05) is 0 Å². The Labute approximate surface area is 333 Å². The number of ether oxygens (including phenoxy) is 2. The van der Waals surface area contributed by atoms with Crippen LogP contribution in [0, 0.1) is 38.3 Å². The number of aromatic nitrogens is 2. The Balaban J connectivity index is 0.000000178. The molecule has 6 heteroatoms. The fourth-order valence-corrected chi connectivity index (χ4v) is 7.34. The molecule has 9 rings (SSSR count). The summed E-state index contributed by atoms with van der Waals surface area (Å²) in [5.41, 5.74) is 14.8. The third kappa shape index (κ3) is 7.42. The number of para-hydroxylation sites is 2. The van der Waals surface area contributed by atoms with Crippen molar-refractivity contribution in [1.29, 1.82) is 0 Å². The van der Waals surface area contributed by atoms with E-state index in [1.54, 1.807) is 0 Å². The minimum atomic E-state index is 0. The average Bonchev–Trinajstić information content (AvgIpc) is 3.15. The van der Waals surface area contributed by atoms with E-state index < -0.39 is 0 Å². The van der Waals surface area contributed by atoms with E-state index >= 15 is 0 Å². The van der Waals surface area contributed by atoms with Crippen LogP contribution in [0.4, 0.5) is 0 Å². The van der Waals surface area contributed by atoms with Gasteiger partial charge in [-0.25, -0.2) is 0 Å². The van der Waals surface area contributed by atoms with E-state index in [-0.39, 0.29) is 32.2 Å². The fourth-order valence-electron chi connectivity index (χ4n) is 7.34. The second-order valence-electron chi connectivity index (χ2n) is 15.2. The number of pyridine rings is 2. The van der Waals surface area contributed by atoms with Crippen LogP contribution in [0.3, 0.4) is 0 Å². The first kappa shape index (κ1) is 37.0. The molecule has 0 bridgehead atoms. The molecule has 0 saturated heterocycles. The van der Waals surface area contributed by atoms with E-state index in [1.807, 2.05) is 48.8 Å². The summed E-state index contributed by atoms with van der Waals surface area (Å²) in [4.78, 5) is 9.26. The van der Waals surface area contributed by atoms with Gasteiger partial charge in [-0.15, -0.1) is 47.5 Å². The molecule has 0 fully saturated rings. The third-order valence-corrected chi connectivity index (χ3v) is 9.86. The Hall–Kier alpha value is -5.29. The molecular weight excluding hydrogens is 840 g/mol. The van der Waals surface area contributed by atoms with Gasteiger partial charge in [0.15, 0.2) is 0 Å². The standard InChI is InChI=1S/C28H23BNO2.C20H18N.Ir/c1-28(2,3)17-18-14-15-30-22(16-18)19-12-13-25-26-27(19)32-24-11-7-5-9-21(24)29(26)20-8-4-6-10-23(20)31-25;1-14-8-10-17(11-9-14)20-12-19(16(3)13-21-20)18-7-5-4-6-15(18)2;/h4-11,13-16H,17H2,1-3H3;4-10,12-13H,1-3H3;/q2*-1;. The van der Waals surface area contributed by atoms with E-state index in [4.69, 9.17) is 14.5 Å². The molecule has 0 N–H and O–H groups in total. The molecule has 0 atom stereocenters. The largest absolute Gasteiger partial charge is 0.503 e. The average molecular weight is 881 g/mol. The molecule has 0 saturated carbocycles. The van der Waals surface area contributed by atoms with Gasteiger partial charge in [-0.1, -0.05) is 117 Å². The number of nitrogens with zero attached hydrogens (tertiary/aromatic N) is 2. The molecule has 0 spiro atoms. The van der Waals surface area contributed by atoms with Crippen molar-refractivity contribution >= 4 is 23.1 Å². The second-order valence-corrected chi connectivity index (χ2v) is 15.2. The molecule has 2 aromatic heterocycles. The second kappa shape index (κ2) is 15.2. The van der Waals surface area contributed by atoms with Gasteiger partial charge in [-0.2, -0.15) is 0 Å². The molecule has 54 heavy (non-hydrogen) atoms. The van der Waals surface area contributed by atoms with Crippen LogP contribution in [0.5, 0.6) is 23.0 Å². The monoisotopic (exact) mass is 881 g/mol. The van der Waals surface area contributed by atoms with Crippen molar-refractivity contribution in [1.82, 2.24) is 9.97 Å². The molecule has 0 aliphatic carbocycles. The Morgan fingerprint density at radius 2 is 1.35 bits per heavy atom. The number of fused-ring (bicyclic) bond motifs is 4. The summed E-state index contributed by atoms with van der Waals surface area (Å²) in [5.74, 6) is 3.35. The third-order valence-electron chi connectivity index (χ3n) is 9.86. The van der Waals surface area contributed by atoms with Gasteiger partial charge in [0.1, 0.15) is 11.5 Å². The van der Waals surface area contributed by atoms with Crippen molar-refractivity contribution in [3.63, 3.8) is 0 Å². The summed E-state index contributed by atoms with van der Waals surface area (Å²) < 4.78 is 12.8. The minimum absolute atomic E-state index is 0. The van der Waals surface area contributed by atoms with Crippen LogP contribution in [0.25, 0.3) is 33.6 Å².